The molecule has 0 saturated heterocycles. The Balaban J connectivity index is 1.70. The summed E-state index contributed by atoms with van der Waals surface area (Å²) in [4.78, 5) is 46.4. The molecule has 3 rings (SSSR count). The molecular weight excluding hydrogens is 346 g/mol. The van der Waals surface area contributed by atoms with Crippen molar-refractivity contribution in [3.05, 3.63) is 75.1 Å². The molecule has 1 amide bonds. The fourth-order valence-corrected chi connectivity index (χ4v) is 2.88. The number of aryl methyl sites for hydroxylation is 2. The van der Waals surface area contributed by atoms with Crippen LogP contribution in [0, 0.1) is 0 Å². The molecule has 2 aromatic heterocycles. The van der Waals surface area contributed by atoms with Gasteiger partial charge in [0.25, 0.3) is 11.5 Å². The van der Waals surface area contributed by atoms with E-state index in [1.165, 1.54) is 6.20 Å². The number of hydrogen-bond donors (Lipinski definition) is 2. The third-order valence-corrected chi connectivity index (χ3v) is 4.40. The Morgan fingerprint density at radius 2 is 2.11 bits per heavy atom. The minimum absolute atomic E-state index is 0.127. The van der Waals surface area contributed by atoms with E-state index in [1.807, 2.05) is 17.8 Å². The number of imidazole rings is 1. The van der Waals surface area contributed by atoms with E-state index in [0.717, 1.165) is 18.7 Å². The normalized spacial score (nSPS) is 10.7. The fraction of sp³-hybridized carbons (Fsp3) is 0.263. The number of carbonyl (C=O) groups is 1. The average Bonchev–Trinajstić information content (AvgIpc) is 3.06. The van der Waals surface area contributed by atoms with Gasteiger partial charge in [0, 0.05) is 51.2 Å². The minimum Gasteiger partial charge on any atom is -0.342 e. The second kappa shape index (κ2) is 7.86. The Morgan fingerprint density at radius 1 is 1.30 bits per heavy atom. The number of H-pyrrole nitrogens is 2. The largest absolute Gasteiger partial charge is 0.342 e. The molecule has 0 bridgehead atoms. The number of aromatic nitrogens is 4. The minimum atomic E-state index is -0.566. The molecule has 0 atom stereocenters. The van der Waals surface area contributed by atoms with Crippen LogP contribution in [-0.2, 0) is 13.5 Å². The van der Waals surface area contributed by atoms with Gasteiger partial charge in [-0.2, -0.15) is 0 Å². The van der Waals surface area contributed by atoms with Gasteiger partial charge in [0.1, 0.15) is 5.82 Å². The number of nitrogens with one attached hydrogen (secondary N) is 2. The van der Waals surface area contributed by atoms with Gasteiger partial charge in [-0.25, -0.2) is 9.78 Å². The van der Waals surface area contributed by atoms with Crippen LogP contribution in [0.3, 0.4) is 0 Å². The first-order chi connectivity index (χ1) is 13.0. The Hall–Kier alpha value is -3.42. The maximum absolute atomic E-state index is 12.7. The first-order valence-electron chi connectivity index (χ1n) is 8.60. The topological polar surface area (TPSA) is 104 Å². The van der Waals surface area contributed by atoms with Crippen molar-refractivity contribution in [1.29, 1.82) is 0 Å². The zero-order valence-electron chi connectivity index (χ0n) is 15.2. The molecular formula is C19H21N5O3. The summed E-state index contributed by atoms with van der Waals surface area (Å²) < 4.78 is 1.97. The van der Waals surface area contributed by atoms with Crippen molar-refractivity contribution in [2.24, 2.45) is 7.05 Å². The molecule has 0 radical (unpaired) electrons. The van der Waals surface area contributed by atoms with Crippen LogP contribution in [0.1, 0.15) is 22.6 Å². The van der Waals surface area contributed by atoms with Crippen LogP contribution in [0.5, 0.6) is 0 Å². The number of hydrogen-bond acceptors (Lipinski definition) is 4. The number of rotatable bonds is 6. The SMILES string of the molecule is CN(CCCc1nccn1C)C(=O)c1cccc(-c2c[nH]c(=O)[nH]c2=O)c1. The van der Waals surface area contributed by atoms with Gasteiger partial charge < -0.3 is 14.5 Å². The van der Waals surface area contributed by atoms with Crippen molar-refractivity contribution in [2.75, 3.05) is 13.6 Å². The number of aromatic amines is 2. The summed E-state index contributed by atoms with van der Waals surface area (Å²) in [5, 5.41) is 0. The summed E-state index contributed by atoms with van der Waals surface area (Å²) >= 11 is 0. The third-order valence-electron chi connectivity index (χ3n) is 4.40. The van der Waals surface area contributed by atoms with E-state index in [2.05, 4.69) is 15.0 Å². The van der Waals surface area contributed by atoms with Crippen LogP contribution >= 0.6 is 0 Å². The highest BCUT2D eigenvalue weighted by Crippen LogP contribution is 2.17. The van der Waals surface area contributed by atoms with Gasteiger partial charge in [-0.3, -0.25) is 14.6 Å². The Bertz CT molecular complexity index is 1060. The fourth-order valence-electron chi connectivity index (χ4n) is 2.88. The Morgan fingerprint density at radius 3 is 2.81 bits per heavy atom. The number of carbonyl (C=O) groups excluding carboxylic acids is 1. The Labute approximate surface area is 155 Å². The van der Waals surface area contributed by atoms with E-state index in [-0.39, 0.29) is 5.91 Å². The number of nitrogens with zero attached hydrogens (tertiary/aromatic N) is 3. The van der Waals surface area contributed by atoms with E-state index in [9.17, 15) is 14.4 Å². The highest BCUT2D eigenvalue weighted by atomic mass is 16.2. The monoisotopic (exact) mass is 367 g/mol. The highest BCUT2D eigenvalue weighted by Gasteiger charge is 2.13. The maximum Gasteiger partial charge on any atom is 0.325 e. The van der Waals surface area contributed by atoms with Gasteiger partial charge in [-0.05, 0) is 24.1 Å². The number of amides is 1. The summed E-state index contributed by atoms with van der Waals surface area (Å²) in [6.07, 6.45) is 6.59. The predicted octanol–water partition coefficient (Wildman–Crippen LogP) is 1.17. The standard InChI is InChI=1S/C19H21N5O3/c1-23-10-8-20-16(23)7-4-9-24(2)18(26)14-6-3-5-13(11-14)15-12-21-19(27)22-17(15)25/h3,5-6,8,10-12H,4,7,9H2,1-2H3,(H2,21,22,25,27). The van der Waals surface area contributed by atoms with Gasteiger partial charge in [0.15, 0.2) is 0 Å². The zero-order chi connectivity index (χ0) is 19.4. The molecule has 8 nitrogen and oxygen atoms in total. The van der Waals surface area contributed by atoms with Gasteiger partial charge in [-0.1, -0.05) is 12.1 Å². The molecule has 3 aromatic rings. The van der Waals surface area contributed by atoms with Crippen LogP contribution in [-0.4, -0.2) is 43.9 Å². The molecule has 0 fully saturated rings. The summed E-state index contributed by atoms with van der Waals surface area (Å²) in [6, 6.07) is 6.80. The summed E-state index contributed by atoms with van der Waals surface area (Å²) in [5.41, 5.74) is 0.300. The van der Waals surface area contributed by atoms with Crippen molar-refractivity contribution >= 4 is 5.91 Å². The van der Waals surface area contributed by atoms with Gasteiger partial charge in [-0.15, -0.1) is 0 Å². The quantitative estimate of drug-likeness (QED) is 0.682. The summed E-state index contributed by atoms with van der Waals surface area (Å²) in [6.45, 7) is 0.592. The maximum atomic E-state index is 12.7. The molecule has 0 aliphatic carbocycles. The molecule has 8 heteroatoms. The van der Waals surface area contributed by atoms with Crippen molar-refractivity contribution in [1.82, 2.24) is 24.4 Å². The second-order valence-electron chi connectivity index (χ2n) is 6.35. The lowest BCUT2D eigenvalue weighted by Crippen LogP contribution is -2.28. The third kappa shape index (κ3) is 4.22. The molecule has 0 unspecified atom stereocenters. The van der Waals surface area contributed by atoms with Gasteiger partial charge in [0.05, 0.1) is 5.56 Å². The molecule has 27 heavy (non-hydrogen) atoms. The molecule has 0 spiro atoms. The molecule has 2 heterocycles. The molecule has 2 N–H and O–H groups in total. The van der Waals surface area contributed by atoms with Crippen LogP contribution in [0.2, 0.25) is 0 Å². The molecule has 0 aliphatic heterocycles. The van der Waals surface area contributed by atoms with Gasteiger partial charge in [0.2, 0.25) is 0 Å². The first kappa shape index (κ1) is 18.4. The lowest BCUT2D eigenvalue weighted by molar-refractivity contribution is 0.0793. The highest BCUT2D eigenvalue weighted by molar-refractivity contribution is 5.95. The average molecular weight is 367 g/mol. The first-order valence-corrected chi connectivity index (χ1v) is 8.60. The summed E-state index contributed by atoms with van der Waals surface area (Å²) in [7, 11) is 3.70. The zero-order valence-corrected chi connectivity index (χ0v) is 15.2. The molecule has 1 aromatic carbocycles. The second-order valence-corrected chi connectivity index (χ2v) is 6.35. The van der Waals surface area contributed by atoms with Gasteiger partial charge >= 0.3 is 5.69 Å². The van der Waals surface area contributed by atoms with Crippen molar-refractivity contribution < 1.29 is 4.79 Å². The van der Waals surface area contributed by atoms with Crippen molar-refractivity contribution in [2.45, 2.75) is 12.8 Å². The number of benzene rings is 1. The van der Waals surface area contributed by atoms with Crippen molar-refractivity contribution in [3.8, 4) is 11.1 Å². The smallest absolute Gasteiger partial charge is 0.325 e. The molecule has 140 valence electrons. The lowest BCUT2D eigenvalue weighted by atomic mass is 10.0. The van der Waals surface area contributed by atoms with Crippen LogP contribution < -0.4 is 11.2 Å². The predicted molar refractivity (Wildman–Crippen MR) is 102 cm³/mol. The van der Waals surface area contributed by atoms with Crippen LogP contribution in [0.25, 0.3) is 11.1 Å². The van der Waals surface area contributed by atoms with Crippen LogP contribution in [0.4, 0.5) is 0 Å². The lowest BCUT2D eigenvalue weighted by Gasteiger charge is -2.17. The van der Waals surface area contributed by atoms with E-state index in [4.69, 9.17) is 0 Å². The molecule has 0 aliphatic rings. The van der Waals surface area contributed by atoms with E-state index < -0.39 is 11.2 Å². The Kier molecular flexibility index (Phi) is 5.35. The molecule has 0 saturated carbocycles. The van der Waals surface area contributed by atoms with E-state index in [1.54, 1.807) is 42.4 Å². The van der Waals surface area contributed by atoms with E-state index in [0.29, 0.717) is 23.2 Å². The van der Waals surface area contributed by atoms with Crippen LogP contribution in [0.15, 0.2) is 52.4 Å². The van der Waals surface area contributed by atoms with E-state index >= 15 is 0 Å². The van der Waals surface area contributed by atoms with Crippen molar-refractivity contribution in [3.63, 3.8) is 0 Å². The summed E-state index contributed by atoms with van der Waals surface area (Å²) in [5.74, 6) is 0.854.